The van der Waals surface area contributed by atoms with Gasteiger partial charge in [-0.25, -0.2) is 9.37 Å². The fraction of sp³-hybridized carbons (Fsp3) is 0.474. The lowest BCUT2D eigenvalue weighted by molar-refractivity contribution is 0.158. The third-order valence-electron chi connectivity index (χ3n) is 4.82. The Morgan fingerprint density at radius 2 is 2.15 bits per heavy atom. The molecule has 2 aromatic heterocycles. The molecule has 2 aliphatic heterocycles. The van der Waals surface area contributed by atoms with Crippen molar-refractivity contribution in [3.63, 3.8) is 0 Å². The van der Waals surface area contributed by atoms with E-state index < -0.39 is 0 Å². The van der Waals surface area contributed by atoms with Crippen LogP contribution < -0.4 is 14.2 Å². The predicted octanol–water partition coefficient (Wildman–Crippen LogP) is 2.91. The molecule has 1 saturated heterocycles. The van der Waals surface area contributed by atoms with Gasteiger partial charge < -0.3 is 14.2 Å². The Morgan fingerprint density at radius 3 is 2.96 bits per heavy atom. The summed E-state index contributed by atoms with van der Waals surface area (Å²) in [6.07, 6.45) is 2.68. The number of pyridine rings is 2. The molecular weight excluding hydrogens is 337 g/mol. The van der Waals surface area contributed by atoms with E-state index in [1.807, 2.05) is 26.0 Å². The van der Waals surface area contributed by atoms with Gasteiger partial charge in [-0.15, -0.1) is 0 Å². The van der Waals surface area contributed by atoms with Crippen LogP contribution in [0.3, 0.4) is 0 Å². The van der Waals surface area contributed by atoms with Gasteiger partial charge >= 0.3 is 0 Å². The maximum Gasteiger partial charge on any atom is 0.257 e. The fourth-order valence-corrected chi connectivity index (χ4v) is 3.35. The Balaban J connectivity index is 1.44. The zero-order chi connectivity index (χ0) is 18.1. The molecule has 0 spiro atoms. The molecule has 7 heteroatoms. The average Bonchev–Trinajstić information content (AvgIpc) is 3.11. The van der Waals surface area contributed by atoms with E-state index in [2.05, 4.69) is 14.9 Å². The highest BCUT2D eigenvalue weighted by Crippen LogP contribution is 2.34. The van der Waals surface area contributed by atoms with Gasteiger partial charge in [-0.1, -0.05) is 0 Å². The lowest BCUT2D eigenvalue weighted by Gasteiger charge is -2.26. The van der Waals surface area contributed by atoms with Crippen molar-refractivity contribution in [3.05, 3.63) is 41.6 Å². The van der Waals surface area contributed by atoms with Crippen LogP contribution in [-0.4, -0.2) is 47.3 Å². The van der Waals surface area contributed by atoms with Crippen LogP contribution >= 0.6 is 0 Å². The van der Waals surface area contributed by atoms with Crippen LogP contribution in [0.2, 0.25) is 0 Å². The molecule has 6 nitrogen and oxygen atoms in total. The summed E-state index contributed by atoms with van der Waals surface area (Å²) < 4.78 is 31.4. The largest absolute Gasteiger partial charge is 0.487 e. The first-order chi connectivity index (χ1) is 12.6. The summed E-state index contributed by atoms with van der Waals surface area (Å²) in [5.41, 5.74) is 1.34. The molecule has 138 valence electrons. The summed E-state index contributed by atoms with van der Waals surface area (Å²) in [5, 5.41) is 0. The Hall–Kier alpha value is -2.41. The fourth-order valence-electron chi connectivity index (χ4n) is 3.35. The van der Waals surface area contributed by atoms with Gasteiger partial charge in [0.25, 0.3) is 5.88 Å². The second-order valence-electron chi connectivity index (χ2n) is 6.69. The minimum absolute atomic E-state index is 0.0576. The first kappa shape index (κ1) is 17.0. The van der Waals surface area contributed by atoms with Crippen LogP contribution in [0, 0.1) is 12.7 Å². The molecule has 0 bridgehead atoms. The number of fused-ring (bicyclic) bond motifs is 1. The average molecular weight is 359 g/mol. The van der Waals surface area contributed by atoms with Gasteiger partial charge in [0.2, 0.25) is 0 Å². The monoisotopic (exact) mass is 359 g/mol. The number of nitrogens with zero attached hydrogens (tertiary/aromatic N) is 3. The number of hydrogen-bond donors (Lipinski definition) is 0. The molecule has 0 saturated carbocycles. The summed E-state index contributed by atoms with van der Waals surface area (Å²) >= 11 is 0. The zero-order valence-corrected chi connectivity index (χ0v) is 14.9. The second kappa shape index (κ2) is 7.07. The van der Waals surface area contributed by atoms with Crippen LogP contribution in [0.1, 0.15) is 30.8 Å². The molecule has 0 aliphatic carbocycles. The molecule has 26 heavy (non-hydrogen) atoms. The van der Waals surface area contributed by atoms with Crippen molar-refractivity contribution in [3.8, 4) is 17.4 Å². The summed E-state index contributed by atoms with van der Waals surface area (Å²) in [5.74, 6) is 1.14. The topological polar surface area (TPSA) is 56.7 Å². The minimum Gasteiger partial charge on any atom is -0.487 e. The molecule has 0 N–H and O–H groups in total. The maximum absolute atomic E-state index is 14.5. The standard InChI is InChI=1S/C19H22FN3O3/c1-12-3-4-14(10-21-12)26-15-5-6-23(11-15)13(2)18-16(20)9-17-19(22-18)25-8-7-24-17/h3-4,9-10,13,15H,5-8,11H2,1-2H3/t13?,15-/m0/s1. The maximum atomic E-state index is 14.5. The number of aromatic nitrogens is 2. The Labute approximate surface area is 151 Å². The molecule has 2 atom stereocenters. The first-order valence-corrected chi connectivity index (χ1v) is 8.89. The van der Waals surface area contributed by atoms with Crippen molar-refractivity contribution in [1.29, 1.82) is 0 Å². The number of halogens is 1. The summed E-state index contributed by atoms with van der Waals surface area (Å²) in [6.45, 7) is 6.28. The second-order valence-corrected chi connectivity index (χ2v) is 6.69. The van der Waals surface area contributed by atoms with Crippen LogP contribution in [0.15, 0.2) is 24.4 Å². The van der Waals surface area contributed by atoms with Crippen molar-refractivity contribution in [2.24, 2.45) is 0 Å². The Morgan fingerprint density at radius 1 is 1.31 bits per heavy atom. The van der Waals surface area contributed by atoms with E-state index in [1.165, 1.54) is 6.07 Å². The quantitative estimate of drug-likeness (QED) is 0.837. The van der Waals surface area contributed by atoms with Gasteiger partial charge in [-0.2, -0.15) is 0 Å². The van der Waals surface area contributed by atoms with Crippen molar-refractivity contribution in [1.82, 2.24) is 14.9 Å². The van der Waals surface area contributed by atoms with E-state index in [1.54, 1.807) is 6.20 Å². The highest BCUT2D eigenvalue weighted by Gasteiger charge is 2.31. The van der Waals surface area contributed by atoms with Crippen molar-refractivity contribution >= 4 is 0 Å². The van der Waals surface area contributed by atoms with E-state index in [9.17, 15) is 4.39 Å². The molecule has 2 aliphatic rings. The van der Waals surface area contributed by atoms with E-state index in [-0.39, 0.29) is 18.0 Å². The van der Waals surface area contributed by atoms with Gasteiger partial charge in [0.15, 0.2) is 5.75 Å². The van der Waals surface area contributed by atoms with Gasteiger partial charge in [0.1, 0.15) is 30.9 Å². The van der Waals surface area contributed by atoms with E-state index in [4.69, 9.17) is 14.2 Å². The van der Waals surface area contributed by atoms with E-state index >= 15 is 0 Å². The summed E-state index contributed by atoms with van der Waals surface area (Å²) in [4.78, 5) is 10.8. The molecule has 4 heterocycles. The molecular formula is C19H22FN3O3. The molecule has 0 aromatic carbocycles. The lowest BCUT2D eigenvalue weighted by atomic mass is 10.1. The van der Waals surface area contributed by atoms with Crippen molar-refractivity contribution in [2.75, 3.05) is 26.3 Å². The highest BCUT2D eigenvalue weighted by molar-refractivity contribution is 5.37. The minimum atomic E-state index is -0.367. The number of likely N-dealkylation sites (tertiary alicyclic amines) is 1. The van der Waals surface area contributed by atoms with Crippen LogP contribution in [0.25, 0.3) is 0 Å². The van der Waals surface area contributed by atoms with E-state index in [0.29, 0.717) is 37.1 Å². The van der Waals surface area contributed by atoms with Crippen molar-refractivity contribution in [2.45, 2.75) is 32.4 Å². The smallest absolute Gasteiger partial charge is 0.257 e. The van der Waals surface area contributed by atoms with Crippen LogP contribution in [-0.2, 0) is 0 Å². The lowest BCUT2D eigenvalue weighted by Crippen LogP contribution is -2.29. The normalized spacial score (nSPS) is 20.8. The zero-order valence-electron chi connectivity index (χ0n) is 14.9. The Bertz CT molecular complexity index is 784. The molecule has 1 unspecified atom stereocenters. The molecule has 0 amide bonds. The highest BCUT2D eigenvalue weighted by atomic mass is 19.1. The molecule has 0 radical (unpaired) electrons. The molecule has 4 rings (SSSR count). The van der Waals surface area contributed by atoms with Crippen LogP contribution in [0.5, 0.6) is 17.4 Å². The first-order valence-electron chi connectivity index (χ1n) is 8.89. The van der Waals surface area contributed by atoms with Crippen LogP contribution in [0.4, 0.5) is 4.39 Å². The number of hydrogen-bond acceptors (Lipinski definition) is 6. The third-order valence-corrected chi connectivity index (χ3v) is 4.82. The Kier molecular flexibility index (Phi) is 4.63. The van der Waals surface area contributed by atoms with Gasteiger partial charge in [-0.3, -0.25) is 9.88 Å². The van der Waals surface area contributed by atoms with Gasteiger partial charge in [0.05, 0.1) is 17.9 Å². The van der Waals surface area contributed by atoms with Gasteiger partial charge in [-0.05, 0) is 32.4 Å². The predicted molar refractivity (Wildman–Crippen MR) is 93.2 cm³/mol. The molecule has 1 fully saturated rings. The number of rotatable bonds is 4. The third kappa shape index (κ3) is 3.44. The SMILES string of the molecule is Cc1ccc(O[C@H]2CCN(C(C)c3nc4c(cc3F)OCCO4)C2)cn1. The number of aryl methyl sites for hydroxylation is 1. The van der Waals surface area contributed by atoms with Gasteiger partial charge in [0, 0.05) is 24.8 Å². The summed E-state index contributed by atoms with van der Waals surface area (Å²) in [6, 6.07) is 5.06. The number of ether oxygens (including phenoxy) is 3. The molecule has 2 aromatic rings. The van der Waals surface area contributed by atoms with Crippen molar-refractivity contribution < 1.29 is 18.6 Å². The summed E-state index contributed by atoms with van der Waals surface area (Å²) in [7, 11) is 0. The van der Waals surface area contributed by atoms with E-state index in [0.717, 1.165) is 24.4 Å².